The Labute approximate surface area is 48.7 Å². The summed E-state index contributed by atoms with van der Waals surface area (Å²) in [6.07, 6.45) is -1.05. The molecule has 0 nitrogen and oxygen atoms in total. The molecule has 2 heteroatoms. The van der Waals surface area contributed by atoms with Crippen LogP contribution < -0.4 is 0 Å². The molecule has 0 heterocycles. The van der Waals surface area contributed by atoms with Crippen molar-refractivity contribution in [1.29, 1.82) is 0 Å². The van der Waals surface area contributed by atoms with E-state index in [2.05, 4.69) is 33.3 Å². The summed E-state index contributed by atoms with van der Waals surface area (Å²) in [6.45, 7) is 11.9. The van der Waals surface area contributed by atoms with Crippen LogP contribution in [0.25, 0.3) is 0 Å². The van der Waals surface area contributed by atoms with Gasteiger partial charge in [0.25, 0.3) is 0 Å². The quantitative estimate of drug-likeness (QED) is 0.487. The summed E-state index contributed by atoms with van der Waals surface area (Å²) in [5, 5.41) is 0. The monoisotopic (exact) mass is 138 g/mol. The first-order chi connectivity index (χ1) is 2.81. The fraction of sp³-hybridized carbons (Fsp3) is 1.00. The van der Waals surface area contributed by atoms with Crippen LogP contribution in [0, 0.1) is 0 Å². The van der Waals surface area contributed by atoms with Gasteiger partial charge in [-0.3, -0.25) is 0 Å². The van der Waals surface area contributed by atoms with Crippen LogP contribution in [0.4, 0.5) is 0 Å². The first-order valence-electron chi connectivity index (χ1n) is 2.51. The van der Waals surface area contributed by atoms with Gasteiger partial charge in [0.1, 0.15) is 0 Å². The Morgan fingerprint density at radius 3 is 1.14 bits per heavy atom. The van der Waals surface area contributed by atoms with E-state index < -0.39 is 6.29 Å². The summed E-state index contributed by atoms with van der Waals surface area (Å²) in [5.41, 5.74) is 0. The van der Waals surface area contributed by atoms with Gasteiger partial charge in [-0.05, 0) is 0 Å². The summed E-state index contributed by atoms with van der Waals surface area (Å²) in [5.74, 6) is 0. The van der Waals surface area contributed by atoms with Crippen LogP contribution in [-0.2, 0) is 0 Å². The summed E-state index contributed by atoms with van der Waals surface area (Å²) < 4.78 is 0. The summed E-state index contributed by atoms with van der Waals surface area (Å²) >= 11 is 0. The molecule has 0 rings (SSSR count). The molecule has 0 aliphatic heterocycles. The molecule has 0 saturated carbocycles. The van der Waals surface area contributed by atoms with Crippen molar-refractivity contribution in [3.05, 3.63) is 0 Å². The van der Waals surface area contributed by atoms with Gasteiger partial charge in [-0.1, -0.05) is 0 Å². The third-order valence-corrected chi connectivity index (χ3v) is 8.05. The van der Waals surface area contributed by atoms with Crippen LogP contribution in [-0.4, -0.2) is 33.3 Å². The van der Waals surface area contributed by atoms with Crippen LogP contribution in [0.2, 0.25) is 0 Å². The van der Waals surface area contributed by atoms with Crippen molar-refractivity contribution in [3.8, 4) is 0 Å². The van der Waals surface area contributed by atoms with Gasteiger partial charge in [0.15, 0.2) is 0 Å². The molecule has 7 heavy (non-hydrogen) atoms. The molecule has 0 fully saturated rings. The molecule has 0 spiro atoms. The number of hydrogen-bond acceptors (Lipinski definition) is 0. The Morgan fingerprint density at radius 2 is 1.14 bits per heavy atom. The topological polar surface area (TPSA) is 0 Å². The Morgan fingerprint density at radius 1 is 1.00 bits per heavy atom. The summed E-state index contributed by atoms with van der Waals surface area (Å²) in [4.78, 5) is 0. The average Bonchev–Trinajstić information content (AvgIpc) is 1.32. The van der Waals surface area contributed by atoms with E-state index in [0.29, 0.717) is 0 Å². The van der Waals surface area contributed by atoms with Crippen molar-refractivity contribution in [3.63, 3.8) is 0 Å². The van der Waals surface area contributed by atoms with Crippen molar-refractivity contribution in [2.24, 2.45) is 0 Å². The molecule has 0 aliphatic rings. The number of hydrogen-bond donors (Lipinski definition) is 0. The van der Waals surface area contributed by atoms with Crippen molar-refractivity contribution in [2.75, 3.05) is 33.3 Å². The predicted octanol–water partition coefficient (Wildman–Crippen LogP) is 2.28. The molecule has 0 amide bonds. The molecule has 0 radical (unpaired) electrons. The van der Waals surface area contributed by atoms with Gasteiger partial charge >= 0.3 is 47.9 Å². The van der Waals surface area contributed by atoms with Gasteiger partial charge in [-0.25, -0.2) is 0 Å². The average molecular weight is 138 g/mol. The zero-order chi connectivity index (χ0) is 6.15. The molecule has 0 saturated heterocycles. The van der Waals surface area contributed by atoms with Gasteiger partial charge in [0.2, 0.25) is 0 Å². The minimum atomic E-state index is -1.05. The van der Waals surface area contributed by atoms with Crippen LogP contribution in [0.15, 0.2) is 0 Å². The standard InChI is InChI=1S/C5H16P2/c1-6-7(2,3,4)5/h6H,1-5H3. The molecular weight excluding hydrogens is 122 g/mol. The van der Waals surface area contributed by atoms with E-state index >= 15 is 0 Å². The summed E-state index contributed by atoms with van der Waals surface area (Å²) in [7, 11) is 1.15. The zero-order valence-electron chi connectivity index (χ0n) is 5.95. The normalized spacial score (nSPS) is 19.9. The van der Waals surface area contributed by atoms with Crippen molar-refractivity contribution in [2.45, 2.75) is 0 Å². The molecule has 0 aromatic heterocycles. The minimum absolute atomic E-state index is 1.05. The Bertz CT molecular complexity index is 58.6. The van der Waals surface area contributed by atoms with E-state index in [4.69, 9.17) is 0 Å². The maximum atomic E-state index is 2.41. The molecular formula is C5H16P2. The van der Waals surface area contributed by atoms with Gasteiger partial charge in [0, 0.05) is 0 Å². The van der Waals surface area contributed by atoms with E-state index in [0.717, 1.165) is 8.27 Å². The fourth-order valence-electron chi connectivity index (χ4n) is 0. The molecule has 0 aromatic rings. The third-order valence-electron chi connectivity index (χ3n) is 0.894. The maximum absolute atomic E-state index is 2.41. The van der Waals surface area contributed by atoms with Gasteiger partial charge in [0.05, 0.1) is 0 Å². The Balaban J connectivity index is 3.83. The van der Waals surface area contributed by atoms with Crippen LogP contribution in [0.3, 0.4) is 0 Å². The third kappa shape index (κ3) is 6.86. The van der Waals surface area contributed by atoms with E-state index in [-0.39, 0.29) is 0 Å². The summed E-state index contributed by atoms with van der Waals surface area (Å²) in [6, 6.07) is 0. The second-order valence-corrected chi connectivity index (χ2v) is 18.1. The molecule has 1 unspecified atom stereocenters. The second-order valence-electron chi connectivity index (χ2n) is 3.80. The van der Waals surface area contributed by atoms with Crippen molar-refractivity contribution >= 4 is 14.6 Å². The van der Waals surface area contributed by atoms with Crippen LogP contribution >= 0.6 is 14.6 Å². The first kappa shape index (κ1) is 7.86. The molecule has 0 bridgehead atoms. The van der Waals surface area contributed by atoms with E-state index in [1.165, 1.54) is 0 Å². The number of rotatable bonds is 1. The van der Waals surface area contributed by atoms with E-state index in [9.17, 15) is 0 Å². The van der Waals surface area contributed by atoms with E-state index in [1.807, 2.05) is 0 Å². The first-order valence-corrected chi connectivity index (χ1v) is 8.88. The fourth-order valence-corrected chi connectivity index (χ4v) is 0. The Kier molecular flexibility index (Phi) is 1.88. The van der Waals surface area contributed by atoms with E-state index in [1.54, 1.807) is 0 Å². The van der Waals surface area contributed by atoms with Crippen molar-refractivity contribution < 1.29 is 0 Å². The zero-order valence-corrected chi connectivity index (χ0v) is 7.84. The molecule has 0 aliphatic carbocycles. The van der Waals surface area contributed by atoms with Gasteiger partial charge in [-0.2, -0.15) is 0 Å². The predicted molar refractivity (Wildman–Crippen MR) is 44.9 cm³/mol. The SMILES string of the molecule is CPP(C)(C)(C)C. The molecule has 0 N–H and O–H groups in total. The Hall–Kier alpha value is 0.860. The second kappa shape index (κ2) is 1.67. The van der Waals surface area contributed by atoms with Crippen molar-refractivity contribution in [1.82, 2.24) is 0 Å². The van der Waals surface area contributed by atoms with Gasteiger partial charge in [-0.15, -0.1) is 0 Å². The molecule has 1 atom stereocenters. The van der Waals surface area contributed by atoms with Crippen LogP contribution in [0.1, 0.15) is 0 Å². The molecule has 0 aromatic carbocycles. The molecule has 46 valence electrons. The van der Waals surface area contributed by atoms with Crippen LogP contribution in [0.5, 0.6) is 0 Å². The van der Waals surface area contributed by atoms with Gasteiger partial charge < -0.3 is 0 Å².